The summed E-state index contributed by atoms with van der Waals surface area (Å²) in [7, 11) is 0. The van der Waals surface area contributed by atoms with E-state index >= 15 is 0 Å². The zero-order valence-corrected chi connectivity index (χ0v) is 18.2. The Morgan fingerprint density at radius 1 is 0.935 bits per heavy atom. The Morgan fingerprint density at radius 2 is 1.58 bits per heavy atom. The highest BCUT2D eigenvalue weighted by atomic mass is 16.7. The molecule has 0 spiro atoms. The third kappa shape index (κ3) is 7.03. The Labute approximate surface area is 182 Å². The third-order valence-corrected chi connectivity index (χ3v) is 5.52. The lowest BCUT2D eigenvalue weighted by Gasteiger charge is -2.41. The summed E-state index contributed by atoms with van der Waals surface area (Å²) >= 11 is 0. The van der Waals surface area contributed by atoms with Crippen LogP contribution in [0.2, 0.25) is 0 Å². The van der Waals surface area contributed by atoms with E-state index in [0.29, 0.717) is 6.42 Å². The van der Waals surface area contributed by atoms with E-state index in [9.17, 15) is 30.6 Å². The van der Waals surface area contributed by atoms with Gasteiger partial charge in [-0.1, -0.05) is 23.8 Å². The highest BCUT2D eigenvalue weighted by Crippen LogP contribution is 2.26. The van der Waals surface area contributed by atoms with Gasteiger partial charge in [-0.2, -0.15) is 0 Å². The molecule has 31 heavy (non-hydrogen) atoms. The SMILES string of the molecule is C=C(C)C(CC=C(C)C)COC1OC(COC2OCC(O)C(O)C2O)C(O)C(O)C1O. The van der Waals surface area contributed by atoms with Crippen molar-refractivity contribution in [1.29, 1.82) is 0 Å². The molecule has 0 aromatic rings. The molecule has 0 saturated carbocycles. The van der Waals surface area contributed by atoms with Gasteiger partial charge in [0.25, 0.3) is 0 Å². The van der Waals surface area contributed by atoms with Crippen molar-refractivity contribution in [3.63, 3.8) is 0 Å². The standard InChI is InChI=1S/C21H36O10/c1-10(2)5-6-12(11(3)4)7-28-21-19(27)17(25)16(24)14(31-21)9-30-20-18(26)15(23)13(22)8-29-20/h5,12-27H,3,6-9H2,1-2,4H3. The molecule has 10 atom stereocenters. The zero-order chi connectivity index (χ0) is 23.3. The van der Waals surface area contributed by atoms with Crippen molar-refractivity contribution in [3.8, 4) is 0 Å². The second-order valence-electron chi connectivity index (χ2n) is 8.49. The fraction of sp³-hybridized carbons (Fsp3) is 0.810. The van der Waals surface area contributed by atoms with Crippen LogP contribution in [0.3, 0.4) is 0 Å². The summed E-state index contributed by atoms with van der Waals surface area (Å²) in [5.41, 5.74) is 2.05. The van der Waals surface area contributed by atoms with E-state index < -0.39 is 55.3 Å². The van der Waals surface area contributed by atoms with Gasteiger partial charge in [0, 0.05) is 5.92 Å². The molecule has 0 aromatic heterocycles. The summed E-state index contributed by atoms with van der Waals surface area (Å²) in [6.45, 7) is 9.43. The van der Waals surface area contributed by atoms with Gasteiger partial charge in [0.1, 0.15) is 42.7 Å². The first-order valence-corrected chi connectivity index (χ1v) is 10.4. The number of hydrogen-bond acceptors (Lipinski definition) is 10. The van der Waals surface area contributed by atoms with Gasteiger partial charge in [0.15, 0.2) is 12.6 Å². The van der Waals surface area contributed by atoms with Crippen molar-refractivity contribution in [3.05, 3.63) is 23.8 Å². The van der Waals surface area contributed by atoms with E-state index in [-0.39, 0.29) is 25.7 Å². The minimum absolute atomic E-state index is 0.0249. The van der Waals surface area contributed by atoms with Gasteiger partial charge in [-0.3, -0.25) is 0 Å². The van der Waals surface area contributed by atoms with Crippen LogP contribution in [-0.4, -0.2) is 106 Å². The van der Waals surface area contributed by atoms with Crippen molar-refractivity contribution < 1.29 is 49.6 Å². The van der Waals surface area contributed by atoms with Crippen LogP contribution in [-0.2, 0) is 18.9 Å². The van der Waals surface area contributed by atoms with Crippen molar-refractivity contribution in [2.45, 2.75) is 82.5 Å². The van der Waals surface area contributed by atoms with Crippen LogP contribution in [0, 0.1) is 5.92 Å². The minimum atomic E-state index is -1.54. The first-order valence-electron chi connectivity index (χ1n) is 10.4. The maximum absolute atomic E-state index is 10.3. The quantitative estimate of drug-likeness (QED) is 0.237. The van der Waals surface area contributed by atoms with E-state index in [1.165, 1.54) is 0 Å². The average molecular weight is 449 g/mol. The summed E-state index contributed by atoms with van der Waals surface area (Å²) in [6.07, 6.45) is -9.50. The van der Waals surface area contributed by atoms with Crippen molar-refractivity contribution in [2.75, 3.05) is 19.8 Å². The largest absolute Gasteiger partial charge is 0.388 e. The molecule has 10 nitrogen and oxygen atoms in total. The maximum Gasteiger partial charge on any atom is 0.186 e. The highest BCUT2D eigenvalue weighted by Gasteiger charge is 2.46. The predicted octanol–water partition coefficient (Wildman–Crippen LogP) is -1.19. The van der Waals surface area contributed by atoms with Gasteiger partial charge in [-0.25, -0.2) is 0 Å². The number of ether oxygens (including phenoxy) is 4. The third-order valence-electron chi connectivity index (χ3n) is 5.52. The van der Waals surface area contributed by atoms with Gasteiger partial charge in [0.2, 0.25) is 0 Å². The molecule has 0 aromatic carbocycles. The molecular weight excluding hydrogens is 412 g/mol. The smallest absolute Gasteiger partial charge is 0.186 e. The maximum atomic E-state index is 10.3. The van der Waals surface area contributed by atoms with Crippen LogP contribution >= 0.6 is 0 Å². The van der Waals surface area contributed by atoms with Crippen LogP contribution in [0.15, 0.2) is 23.8 Å². The van der Waals surface area contributed by atoms with Gasteiger partial charge in [0.05, 0.1) is 19.8 Å². The molecule has 2 heterocycles. The summed E-state index contributed by atoms with van der Waals surface area (Å²) in [5.74, 6) is -0.0249. The molecule has 180 valence electrons. The average Bonchev–Trinajstić information content (AvgIpc) is 2.71. The highest BCUT2D eigenvalue weighted by molar-refractivity contribution is 5.03. The Morgan fingerprint density at radius 3 is 2.19 bits per heavy atom. The number of allylic oxidation sites excluding steroid dienone is 2. The van der Waals surface area contributed by atoms with E-state index in [0.717, 1.165) is 11.1 Å². The Kier molecular flexibility index (Phi) is 10.0. The van der Waals surface area contributed by atoms with Crippen molar-refractivity contribution >= 4 is 0 Å². The molecule has 2 aliphatic rings. The number of aliphatic hydroxyl groups is 6. The lowest BCUT2D eigenvalue weighted by atomic mass is 9.97. The van der Waals surface area contributed by atoms with Crippen LogP contribution in [0.25, 0.3) is 0 Å². The van der Waals surface area contributed by atoms with Crippen LogP contribution in [0.1, 0.15) is 27.2 Å². The van der Waals surface area contributed by atoms with Crippen molar-refractivity contribution in [2.24, 2.45) is 5.92 Å². The molecule has 0 bridgehead atoms. The number of hydrogen-bond donors (Lipinski definition) is 6. The summed E-state index contributed by atoms with van der Waals surface area (Å²) < 4.78 is 21.8. The normalized spacial score (nSPS) is 39.7. The van der Waals surface area contributed by atoms with Gasteiger partial charge in [-0.15, -0.1) is 0 Å². The first-order chi connectivity index (χ1) is 14.5. The fourth-order valence-corrected chi connectivity index (χ4v) is 3.31. The van der Waals surface area contributed by atoms with E-state index in [4.69, 9.17) is 18.9 Å². The molecule has 0 amide bonds. The van der Waals surface area contributed by atoms with Gasteiger partial charge < -0.3 is 49.6 Å². The van der Waals surface area contributed by atoms with Crippen LogP contribution in [0.4, 0.5) is 0 Å². The van der Waals surface area contributed by atoms with Crippen LogP contribution in [0.5, 0.6) is 0 Å². The van der Waals surface area contributed by atoms with E-state index in [1.807, 2.05) is 20.8 Å². The van der Waals surface area contributed by atoms with E-state index in [1.54, 1.807) is 0 Å². The van der Waals surface area contributed by atoms with E-state index in [2.05, 4.69) is 12.7 Å². The molecule has 2 saturated heterocycles. The minimum Gasteiger partial charge on any atom is -0.388 e. The molecule has 0 aliphatic carbocycles. The summed E-state index contributed by atoms with van der Waals surface area (Å²) in [5, 5.41) is 59.9. The van der Waals surface area contributed by atoms with Crippen molar-refractivity contribution in [1.82, 2.24) is 0 Å². The first kappa shape index (κ1) is 26.3. The summed E-state index contributed by atoms with van der Waals surface area (Å²) in [4.78, 5) is 0. The number of rotatable bonds is 9. The number of aliphatic hydroxyl groups excluding tert-OH is 6. The Balaban J connectivity index is 1.95. The molecule has 2 rings (SSSR count). The van der Waals surface area contributed by atoms with Gasteiger partial charge >= 0.3 is 0 Å². The predicted molar refractivity (Wildman–Crippen MR) is 109 cm³/mol. The van der Waals surface area contributed by atoms with Gasteiger partial charge in [-0.05, 0) is 27.2 Å². The molecular formula is C21H36O10. The summed E-state index contributed by atoms with van der Waals surface area (Å²) in [6, 6.07) is 0. The second-order valence-corrected chi connectivity index (χ2v) is 8.49. The second kappa shape index (κ2) is 11.8. The molecule has 0 radical (unpaired) electrons. The molecule has 10 heteroatoms. The topological polar surface area (TPSA) is 158 Å². The zero-order valence-electron chi connectivity index (χ0n) is 18.2. The molecule has 2 fully saturated rings. The monoisotopic (exact) mass is 448 g/mol. The molecule has 6 N–H and O–H groups in total. The lowest BCUT2D eigenvalue weighted by molar-refractivity contribution is -0.321. The fourth-order valence-electron chi connectivity index (χ4n) is 3.31. The van der Waals surface area contributed by atoms with Crippen LogP contribution < -0.4 is 0 Å². The molecule has 10 unspecified atom stereocenters. The lowest BCUT2D eigenvalue weighted by Crippen LogP contribution is -2.60. The Bertz CT molecular complexity index is 607. The molecule has 2 aliphatic heterocycles. The Hall–Kier alpha value is -0.920.